The van der Waals surface area contributed by atoms with Gasteiger partial charge in [-0.05, 0) is 26.7 Å². The van der Waals surface area contributed by atoms with Gasteiger partial charge in [0.25, 0.3) is 0 Å². The average molecular weight is 154 g/mol. The molecule has 1 heterocycles. The first-order valence-electron chi connectivity index (χ1n) is 4.18. The molecule has 0 aromatic heterocycles. The molecular formula is C9H14O2. The van der Waals surface area contributed by atoms with E-state index in [9.17, 15) is 0 Å². The van der Waals surface area contributed by atoms with Gasteiger partial charge in [-0.15, -0.1) is 0 Å². The second-order valence-corrected chi connectivity index (χ2v) is 3.66. The van der Waals surface area contributed by atoms with Crippen LogP contribution in [0.25, 0.3) is 0 Å². The van der Waals surface area contributed by atoms with E-state index >= 15 is 0 Å². The first kappa shape index (κ1) is 7.32. The summed E-state index contributed by atoms with van der Waals surface area (Å²) in [6, 6.07) is 0. The van der Waals surface area contributed by atoms with Crippen molar-refractivity contribution in [1.29, 1.82) is 0 Å². The van der Waals surface area contributed by atoms with Crippen LogP contribution in [0, 0.1) is 0 Å². The molecule has 62 valence electrons. The molecule has 0 bridgehead atoms. The Bertz CT molecular complexity index is 166. The molecule has 0 N–H and O–H groups in total. The van der Waals surface area contributed by atoms with Gasteiger partial charge in [0.2, 0.25) is 0 Å². The Morgan fingerprint density at radius 2 is 1.55 bits per heavy atom. The Morgan fingerprint density at radius 3 is 2.00 bits per heavy atom. The molecule has 0 aromatic carbocycles. The van der Waals surface area contributed by atoms with Gasteiger partial charge in [0, 0.05) is 0 Å². The monoisotopic (exact) mass is 154 g/mol. The van der Waals surface area contributed by atoms with E-state index in [1.54, 1.807) is 0 Å². The van der Waals surface area contributed by atoms with Crippen LogP contribution in [0.2, 0.25) is 0 Å². The molecule has 2 rings (SSSR count). The second-order valence-electron chi connectivity index (χ2n) is 3.66. The van der Waals surface area contributed by atoms with E-state index < -0.39 is 0 Å². The molecule has 2 atom stereocenters. The highest BCUT2D eigenvalue weighted by molar-refractivity contribution is 4.99. The zero-order valence-corrected chi connectivity index (χ0v) is 7.04. The maximum absolute atomic E-state index is 5.68. The van der Waals surface area contributed by atoms with Crippen LogP contribution < -0.4 is 0 Å². The van der Waals surface area contributed by atoms with Gasteiger partial charge in [0.15, 0.2) is 5.79 Å². The van der Waals surface area contributed by atoms with Crippen LogP contribution in [0.4, 0.5) is 0 Å². The molecule has 1 aliphatic heterocycles. The highest BCUT2D eigenvalue weighted by Crippen LogP contribution is 2.33. The van der Waals surface area contributed by atoms with Crippen molar-refractivity contribution in [1.82, 2.24) is 0 Å². The maximum Gasteiger partial charge on any atom is 0.163 e. The van der Waals surface area contributed by atoms with E-state index in [2.05, 4.69) is 12.2 Å². The van der Waals surface area contributed by atoms with Crippen molar-refractivity contribution >= 4 is 0 Å². The summed E-state index contributed by atoms with van der Waals surface area (Å²) in [5, 5.41) is 0. The molecule has 1 fully saturated rings. The first-order valence-corrected chi connectivity index (χ1v) is 4.18. The normalized spacial score (nSPS) is 40.5. The van der Waals surface area contributed by atoms with Crippen LogP contribution in [-0.4, -0.2) is 18.0 Å². The van der Waals surface area contributed by atoms with Crippen LogP contribution in [0.1, 0.15) is 26.7 Å². The number of fused-ring (bicyclic) bond motifs is 1. The first-order chi connectivity index (χ1) is 5.17. The van der Waals surface area contributed by atoms with E-state index in [1.807, 2.05) is 13.8 Å². The average Bonchev–Trinajstić information content (AvgIpc) is 2.21. The lowest BCUT2D eigenvalue weighted by Gasteiger charge is -2.16. The molecule has 1 saturated heterocycles. The van der Waals surface area contributed by atoms with Crippen LogP contribution in [0.5, 0.6) is 0 Å². The molecule has 2 heteroatoms. The van der Waals surface area contributed by atoms with E-state index in [0.717, 1.165) is 12.8 Å². The highest BCUT2D eigenvalue weighted by Gasteiger charge is 2.40. The smallest absolute Gasteiger partial charge is 0.163 e. The predicted octanol–water partition coefficient (Wildman–Crippen LogP) is 1.86. The Hall–Kier alpha value is -0.340. The van der Waals surface area contributed by atoms with Crippen molar-refractivity contribution in [3.8, 4) is 0 Å². The van der Waals surface area contributed by atoms with E-state index in [0.29, 0.717) is 12.2 Å². The molecule has 2 nitrogen and oxygen atoms in total. The van der Waals surface area contributed by atoms with Crippen LogP contribution in [0.15, 0.2) is 12.2 Å². The number of ether oxygens (including phenoxy) is 2. The quantitative estimate of drug-likeness (QED) is 0.496. The molecule has 0 spiro atoms. The molecule has 0 radical (unpaired) electrons. The minimum absolute atomic E-state index is 0.301. The lowest BCUT2D eigenvalue weighted by atomic mass is 10.0. The third-order valence-electron chi connectivity index (χ3n) is 2.19. The minimum atomic E-state index is -0.360. The van der Waals surface area contributed by atoms with Gasteiger partial charge in [-0.2, -0.15) is 0 Å². The van der Waals surface area contributed by atoms with Crippen molar-refractivity contribution < 1.29 is 9.47 Å². The highest BCUT2D eigenvalue weighted by atomic mass is 16.7. The molecule has 0 aromatic rings. The van der Waals surface area contributed by atoms with Crippen molar-refractivity contribution in [3.05, 3.63) is 12.2 Å². The summed E-state index contributed by atoms with van der Waals surface area (Å²) in [7, 11) is 0. The lowest BCUT2D eigenvalue weighted by Crippen LogP contribution is -2.23. The number of hydrogen-bond donors (Lipinski definition) is 0. The molecule has 2 aliphatic rings. The molecular weight excluding hydrogens is 140 g/mol. The second kappa shape index (κ2) is 2.32. The van der Waals surface area contributed by atoms with Gasteiger partial charge in [-0.25, -0.2) is 0 Å². The molecule has 0 saturated carbocycles. The van der Waals surface area contributed by atoms with Crippen molar-refractivity contribution in [2.45, 2.75) is 44.7 Å². The van der Waals surface area contributed by atoms with E-state index in [1.165, 1.54) is 0 Å². The van der Waals surface area contributed by atoms with Crippen molar-refractivity contribution in [3.63, 3.8) is 0 Å². The zero-order valence-electron chi connectivity index (χ0n) is 7.04. The maximum atomic E-state index is 5.68. The standard InChI is InChI=1S/C9H14O2/c1-9(2)10-7-5-3-4-6-8(7)11-9/h3-4,7-8H,5-6H2,1-2H3/t7-,8+. The number of hydrogen-bond acceptors (Lipinski definition) is 2. The fourth-order valence-electron chi connectivity index (χ4n) is 1.77. The fourth-order valence-corrected chi connectivity index (χ4v) is 1.77. The van der Waals surface area contributed by atoms with Crippen LogP contribution in [-0.2, 0) is 9.47 Å². The van der Waals surface area contributed by atoms with Crippen molar-refractivity contribution in [2.24, 2.45) is 0 Å². The Morgan fingerprint density at radius 1 is 1.09 bits per heavy atom. The summed E-state index contributed by atoms with van der Waals surface area (Å²) in [5.41, 5.74) is 0. The van der Waals surface area contributed by atoms with E-state index in [4.69, 9.17) is 9.47 Å². The van der Waals surface area contributed by atoms with Crippen molar-refractivity contribution in [2.75, 3.05) is 0 Å². The van der Waals surface area contributed by atoms with E-state index in [-0.39, 0.29) is 5.79 Å². The Balaban J connectivity index is 2.09. The zero-order chi connectivity index (χ0) is 7.90. The van der Waals surface area contributed by atoms with Crippen LogP contribution in [0.3, 0.4) is 0 Å². The predicted molar refractivity (Wildman–Crippen MR) is 42.2 cm³/mol. The molecule has 0 amide bonds. The molecule has 11 heavy (non-hydrogen) atoms. The topological polar surface area (TPSA) is 18.5 Å². The molecule has 1 aliphatic carbocycles. The van der Waals surface area contributed by atoms with Gasteiger partial charge in [-0.3, -0.25) is 0 Å². The van der Waals surface area contributed by atoms with Crippen LogP contribution >= 0.6 is 0 Å². The summed E-state index contributed by atoms with van der Waals surface area (Å²) in [6.07, 6.45) is 6.96. The van der Waals surface area contributed by atoms with Gasteiger partial charge < -0.3 is 9.47 Å². The largest absolute Gasteiger partial charge is 0.344 e. The lowest BCUT2D eigenvalue weighted by molar-refractivity contribution is -0.145. The SMILES string of the molecule is CC1(C)O[C@H]2CC=CC[C@H]2O1. The summed E-state index contributed by atoms with van der Waals surface area (Å²) < 4.78 is 11.4. The van der Waals surface area contributed by atoms with Gasteiger partial charge in [0.1, 0.15) is 0 Å². The number of rotatable bonds is 0. The third-order valence-corrected chi connectivity index (χ3v) is 2.19. The molecule has 0 unspecified atom stereocenters. The van der Waals surface area contributed by atoms with Gasteiger partial charge >= 0.3 is 0 Å². The Labute approximate surface area is 67.2 Å². The Kier molecular flexibility index (Phi) is 1.55. The van der Waals surface area contributed by atoms with Gasteiger partial charge in [0.05, 0.1) is 12.2 Å². The summed E-state index contributed by atoms with van der Waals surface area (Å²) >= 11 is 0. The summed E-state index contributed by atoms with van der Waals surface area (Å²) in [6.45, 7) is 3.96. The third kappa shape index (κ3) is 1.33. The summed E-state index contributed by atoms with van der Waals surface area (Å²) in [5.74, 6) is -0.360. The van der Waals surface area contributed by atoms with Gasteiger partial charge in [-0.1, -0.05) is 12.2 Å². The minimum Gasteiger partial charge on any atom is -0.344 e. The summed E-state index contributed by atoms with van der Waals surface area (Å²) in [4.78, 5) is 0. The fraction of sp³-hybridized carbons (Fsp3) is 0.778.